The lowest BCUT2D eigenvalue weighted by atomic mass is 10.4. The molecule has 0 atom stereocenters. The minimum atomic E-state index is 0.239. The standard InChI is InChI=1S/C7H11N3OS/c1-3-6(11)4-12-7-9-8-5-10(7)2/h5H,3-4H2,1-2H3. The first-order chi connectivity index (χ1) is 5.74. The number of rotatable bonds is 4. The number of ketones is 1. The molecule has 1 aromatic rings. The van der Waals surface area contributed by atoms with Crippen molar-refractivity contribution in [3.8, 4) is 0 Å². The second kappa shape index (κ2) is 4.25. The Hall–Kier alpha value is -0.840. The molecule has 0 saturated heterocycles. The van der Waals surface area contributed by atoms with Gasteiger partial charge in [0.2, 0.25) is 0 Å². The van der Waals surface area contributed by atoms with Crippen molar-refractivity contribution in [2.24, 2.45) is 7.05 Å². The monoisotopic (exact) mass is 185 g/mol. The molecular weight excluding hydrogens is 174 g/mol. The number of aryl methyl sites for hydroxylation is 1. The number of carbonyl (C=O) groups is 1. The van der Waals surface area contributed by atoms with Crippen molar-refractivity contribution in [3.05, 3.63) is 6.33 Å². The summed E-state index contributed by atoms with van der Waals surface area (Å²) in [4.78, 5) is 10.9. The van der Waals surface area contributed by atoms with Crippen molar-refractivity contribution in [1.29, 1.82) is 0 Å². The van der Waals surface area contributed by atoms with Crippen LogP contribution in [0.15, 0.2) is 11.5 Å². The fraction of sp³-hybridized carbons (Fsp3) is 0.571. The van der Waals surface area contributed by atoms with Gasteiger partial charge in [-0.15, -0.1) is 10.2 Å². The molecule has 1 aromatic heterocycles. The Morgan fingerprint density at radius 2 is 2.50 bits per heavy atom. The molecule has 0 bridgehead atoms. The zero-order valence-electron chi connectivity index (χ0n) is 7.15. The van der Waals surface area contributed by atoms with E-state index in [0.29, 0.717) is 12.2 Å². The van der Waals surface area contributed by atoms with E-state index >= 15 is 0 Å². The van der Waals surface area contributed by atoms with Crippen LogP contribution in [0.25, 0.3) is 0 Å². The fourth-order valence-electron chi connectivity index (χ4n) is 0.650. The highest BCUT2D eigenvalue weighted by atomic mass is 32.2. The van der Waals surface area contributed by atoms with E-state index < -0.39 is 0 Å². The van der Waals surface area contributed by atoms with Gasteiger partial charge in [0.05, 0.1) is 5.75 Å². The molecule has 0 aromatic carbocycles. The van der Waals surface area contributed by atoms with E-state index in [9.17, 15) is 4.79 Å². The first kappa shape index (κ1) is 9.25. The van der Waals surface area contributed by atoms with Crippen LogP contribution in [0.4, 0.5) is 0 Å². The molecule has 0 radical (unpaired) electrons. The van der Waals surface area contributed by atoms with Crippen molar-refractivity contribution in [2.45, 2.75) is 18.5 Å². The maximum Gasteiger partial charge on any atom is 0.191 e. The predicted molar refractivity (Wildman–Crippen MR) is 47.0 cm³/mol. The lowest BCUT2D eigenvalue weighted by molar-refractivity contribution is -0.116. The largest absolute Gasteiger partial charge is 0.312 e. The topological polar surface area (TPSA) is 47.8 Å². The van der Waals surface area contributed by atoms with Crippen molar-refractivity contribution in [3.63, 3.8) is 0 Å². The van der Waals surface area contributed by atoms with Crippen LogP contribution < -0.4 is 0 Å². The van der Waals surface area contributed by atoms with Crippen molar-refractivity contribution < 1.29 is 4.79 Å². The maximum atomic E-state index is 10.9. The average Bonchev–Trinajstić information content (AvgIpc) is 2.47. The summed E-state index contributed by atoms with van der Waals surface area (Å²) in [6, 6.07) is 0. The van der Waals surface area contributed by atoms with E-state index in [2.05, 4.69) is 10.2 Å². The van der Waals surface area contributed by atoms with E-state index in [0.717, 1.165) is 5.16 Å². The summed E-state index contributed by atoms with van der Waals surface area (Å²) in [5, 5.41) is 8.34. The quantitative estimate of drug-likeness (QED) is 0.653. The zero-order valence-corrected chi connectivity index (χ0v) is 7.97. The van der Waals surface area contributed by atoms with Crippen molar-refractivity contribution in [2.75, 3.05) is 5.75 Å². The van der Waals surface area contributed by atoms with Crippen LogP contribution in [0.5, 0.6) is 0 Å². The van der Waals surface area contributed by atoms with E-state index in [1.807, 2.05) is 14.0 Å². The molecule has 0 aliphatic rings. The summed E-state index contributed by atoms with van der Waals surface area (Å²) in [6.45, 7) is 1.86. The normalized spacial score (nSPS) is 10.2. The molecular formula is C7H11N3OS. The smallest absolute Gasteiger partial charge is 0.191 e. The zero-order chi connectivity index (χ0) is 8.97. The number of hydrogen-bond acceptors (Lipinski definition) is 4. The number of hydrogen-bond donors (Lipinski definition) is 0. The van der Waals surface area contributed by atoms with Crippen molar-refractivity contribution >= 4 is 17.5 Å². The average molecular weight is 185 g/mol. The highest BCUT2D eigenvalue weighted by Gasteiger charge is 2.04. The minimum Gasteiger partial charge on any atom is -0.312 e. The lowest BCUT2D eigenvalue weighted by Gasteiger charge is -1.97. The Kier molecular flexibility index (Phi) is 3.28. The molecule has 1 rings (SSSR count). The van der Waals surface area contributed by atoms with Gasteiger partial charge in [-0.3, -0.25) is 4.79 Å². The van der Waals surface area contributed by atoms with Gasteiger partial charge in [-0.25, -0.2) is 0 Å². The third-order valence-electron chi connectivity index (χ3n) is 1.43. The number of nitrogens with zero attached hydrogens (tertiary/aromatic N) is 3. The van der Waals surface area contributed by atoms with Crippen LogP contribution in [-0.2, 0) is 11.8 Å². The molecule has 0 saturated carbocycles. The Labute approximate surface area is 75.4 Å². The number of aromatic nitrogens is 3. The summed E-state index contributed by atoms with van der Waals surface area (Å²) in [6.07, 6.45) is 2.21. The summed E-state index contributed by atoms with van der Waals surface area (Å²) >= 11 is 1.43. The summed E-state index contributed by atoms with van der Waals surface area (Å²) in [5.41, 5.74) is 0. The van der Waals surface area contributed by atoms with E-state index in [4.69, 9.17) is 0 Å². The molecule has 0 fully saturated rings. The van der Waals surface area contributed by atoms with E-state index in [-0.39, 0.29) is 5.78 Å². The third kappa shape index (κ3) is 2.34. The Morgan fingerprint density at radius 3 is 3.00 bits per heavy atom. The third-order valence-corrected chi connectivity index (χ3v) is 2.52. The van der Waals surface area contributed by atoms with Gasteiger partial charge in [0.1, 0.15) is 12.1 Å². The summed E-state index contributed by atoms with van der Waals surface area (Å²) in [7, 11) is 1.86. The molecule has 5 heteroatoms. The Balaban J connectivity index is 2.43. The highest BCUT2D eigenvalue weighted by molar-refractivity contribution is 7.99. The molecule has 0 spiro atoms. The lowest BCUT2D eigenvalue weighted by Crippen LogP contribution is -2.00. The number of Topliss-reactive ketones (excluding diaryl/α,β-unsaturated/α-hetero) is 1. The molecule has 66 valence electrons. The van der Waals surface area contributed by atoms with Gasteiger partial charge in [-0.2, -0.15) is 0 Å². The molecule has 0 aliphatic carbocycles. The molecule has 1 heterocycles. The van der Waals surface area contributed by atoms with Crippen LogP contribution >= 0.6 is 11.8 Å². The summed E-state index contributed by atoms with van der Waals surface area (Å²) < 4.78 is 1.80. The van der Waals surface area contributed by atoms with Crippen LogP contribution in [-0.4, -0.2) is 26.3 Å². The van der Waals surface area contributed by atoms with Crippen LogP contribution in [0.2, 0.25) is 0 Å². The van der Waals surface area contributed by atoms with E-state index in [1.165, 1.54) is 11.8 Å². The first-order valence-electron chi connectivity index (χ1n) is 3.72. The molecule has 0 aliphatic heterocycles. The van der Waals surface area contributed by atoms with Gasteiger partial charge >= 0.3 is 0 Å². The fourth-order valence-corrected chi connectivity index (χ4v) is 1.50. The molecule has 12 heavy (non-hydrogen) atoms. The number of thioether (sulfide) groups is 1. The van der Waals surface area contributed by atoms with Crippen LogP contribution in [0.1, 0.15) is 13.3 Å². The minimum absolute atomic E-state index is 0.239. The van der Waals surface area contributed by atoms with Crippen LogP contribution in [0.3, 0.4) is 0 Å². The molecule has 0 unspecified atom stereocenters. The molecule has 0 N–H and O–H groups in total. The Morgan fingerprint density at radius 1 is 1.75 bits per heavy atom. The second-order valence-electron chi connectivity index (χ2n) is 2.41. The molecule has 0 amide bonds. The first-order valence-corrected chi connectivity index (χ1v) is 4.71. The van der Waals surface area contributed by atoms with E-state index in [1.54, 1.807) is 10.9 Å². The van der Waals surface area contributed by atoms with Gasteiger partial charge in [-0.1, -0.05) is 18.7 Å². The van der Waals surface area contributed by atoms with Gasteiger partial charge in [-0.05, 0) is 0 Å². The van der Waals surface area contributed by atoms with Gasteiger partial charge in [0, 0.05) is 13.5 Å². The van der Waals surface area contributed by atoms with Gasteiger partial charge in [0.15, 0.2) is 5.16 Å². The SMILES string of the molecule is CCC(=O)CSc1nncn1C. The molecule has 4 nitrogen and oxygen atoms in total. The highest BCUT2D eigenvalue weighted by Crippen LogP contribution is 2.13. The Bertz CT molecular complexity index is 271. The predicted octanol–water partition coefficient (Wildman–Crippen LogP) is 0.886. The second-order valence-corrected chi connectivity index (χ2v) is 3.35. The summed E-state index contributed by atoms with van der Waals surface area (Å²) in [5.74, 6) is 0.728. The van der Waals surface area contributed by atoms with Gasteiger partial charge < -0.3 is 4.57 Å². The van der Waals surface area contributed by atoms with Gasteiger partial charge in [0.25, 0.3) is 0 Å². The van der Waals surface area contributed by atoms with Crippen LogP contribution in [0, 0.1) is 0 Å². The number of carbonyl (C=O) groups excluding carboxylic acids is 1. The maximum absolute atomic E-state index is 10.9. The van der Waals surface area contributed by atoms with Crippen molar-refractivity contribution in [1.82, 2.24) is 14.8 Å².